The fourth-order valence-electron chi connectivity index (χ4n) is 2.55. The molecular formula is C18H16N2O3S. The van der Waals surface area contributed by atoms with Gasteiger partial charge in [0, 0.05) is 5.56 Å². The minimum absolute atomic E-state index is 0.157. The number of carbonyl (C=O) groups excluding carboxylic acids is 1. The molecule has 0 heterocycles. The van der Waals surface area contributed by atoms with Crippen LogP contribution in [0.25, 0.3) is 10.8 Å². The Morgan fingerprint density at radius 1 is 0.958 bits per heavy atom. The van der Waals surface area contributed by atoms with E-state index in [-0.39, 0.29) is 10.5 Å². The van der Waals surface area contributed by atoms with Gasteiger partial charge in [-0.25, -0.2) is 8.42 Å². The van der Waals surface area contributed by atoms with E-state index in [9.17, 15) is 13.2 Å². The third kappa shape index (κ3) is 2.96. The molecular weight excluding hydrogens is 324 g/mol. The number of rotatable bonds is 4. The van der Waals surface area contributed by atoms with Crippen LogP contribution in [0.1, 0.15) is 15.9 Å². The van der Waals surface area contributed by atoms with Crippen molar-refractivity contribution in [3.8, 4) is 0 Å². The van der Waals surface area contributed by atoms with Gasteiger partial charge in [-0.05, 0) is 47.5 Å². The molecule has 0 spiro atoms. The van der Waals surface area contributed by atoms with Crippen molar-refractivity contribution in [2.75, 3.05) is 4.72 Å². The van der Waals surface area contributed by atoms with Gasteiger partial charge in [-0.3, -0.25) is 9.52 Å². The summed E-state index contributed by atoms with van der Waals surface area (Å²) < 4.78 is 27.8. The normalized spacial score (nSPS) is 11.4. The van der Waals surface area contributed by atoms with E-state index in [1.807, 2.05) is 24.3 Å². The van der Waals surface area contributed by atoms with Crippen LogP contribution in [-0.2, 0) is 10.0 Å². The van der Waals surface area contributed by atoms with E-state index in [4.69, 9.17) is 5.73 Å². The maximum atomic E-state index is 12.7. The first-order valence-corrected chi connectivity index (χ1v) is 8.78. The highest BCUT2D eigenvalue weighted by Gasteiger charge is 2.17. The Kier molecular flexibility index (Phi) is 3.99. The SMILES string of the molecule is Cc1c(NS(=O)(=O)c2ccc3ccccc3c2)cccc1C(N)=O. The zero-order valence-electron chi connectivity index (χ0n) is 13.0. The van der Waals surface area contributed by atoms with Gasteiger partial charge in [0.2, 0.25) is 5.91 Å². The summed E-state index contributed by atoms with van der Waals surface area (Å²) >= 11 is 0. The maximum Gasteiger partial charge on any atom is 0.261 e. The summed E-state index contributed by atoms with van der Waals surface area (Å²) in [7, 11) is -3.77. The second kappa shape index (κ2) is 5.98. The minimum atomic E-state index is -3.77. The Bertz CT molecular complexity index is 1040. The van der Waals surface area contributed by atoms with Gasteiger partial charge in [-0.1, -0.05) is 36.4 Å². The summed E-state index contributed by atoms with van der Waals surface area (Å²) in [5.41, 5.74) is 6.42. The van der Waals surface area contributed by atoms with Crippen LogP contribution >= 0.6 is 0 Å². The summed E-state index contributed by atoms with van der Waals surface area (Å²) in [5, 5.41) is 1.80. The third-order valence-corrected chi connectivity index (χ3v) is 5.24. The van der Waals surface area contributed by atoms with Crippen LogP contribution in [0.3, 0.4) is 0 Å². The molecule has 24 heavy (non-hydrogen) atoms. The van der Waals surface area contributed by atoms with Crippen LogP contribution in [0.15, 0.2) is 65.6 Å². The van der Waals surface area contributed by atoms with Crippen LogP contribution in [0.4, 0.5) is 5.69 Å². The zero-order chi connectivity index (χ0) is 17.3. The van der Waals surface area contributed by atoms with Gasteiger partial charge in [0.15, 0.2) is 0 Å². The van der Waals surface area contributed by atoms with Crippen LogP contribution in [0.2, 0.25) is 0 Å². The van der Waals surface area contributed by atoms with E-state index in [0.717, 1.165) is 10.8 Å². The molecule has 0 bridgehead atoms. The van der Waals surface area contributed by atoms with Crippen LogP contribution in [0.5, 0.6) is 0 Å². The van der Waals surface area contributed by atoms with Gasteiger partial charge < -0.3 is 5.73 Å². The van der Waals surface area contributed by atoms with Crippen LogP contribution < -0.4 is 10.5 Å². The molecule has 3 aromatic carbocycles. The molecule has 0 aliphatic heterocycles. The summed E-state index contributed by atoms with van der Waals surface area (Å²) in [6, 6.07) is 17.2. The summed E-state index contributed by atoms with van der Waals surface area (Å²) in [6.45, 7) is 1.65. The van der Waals surface area contributed by atoms with E-state index in [0.29, 0.717) is 11.3 Å². The van der Waals surface area contributed by atoms with E-state index in [1.54, 1.807) is 43.3 Å². The lowest BCUT2D eigenvalue weighted by Crippen LogP contribution is -2.17. The van der Waals surface area contributed by atoms with Crippen molar-refractivity contribution in [3.63, 3.8) is 0 Å². The number of sulfonamides is 1. The predicted octanol–water partition coefficient (Wildman–Crippen LogP) is 3.05. The molecule has 0 saturated carbocycles. The van der Waals surface area contributed by atoms with Crippen molar-refractivity contribution in [1.82, 2.24) is 0 Å². The summed E-state index contributed by atoms with van der Waals surface area (Å²) in [4.78, 5) is 11.6. The van der Waals surface area contributed by atoms with E-state index < -0.39 is 15.9 Å². The first-order valence-electron chi connectivity index (χ1n) is 7.29. The van der Waals surface area contributed by atoms with E-state index in [2.05, 4.69) is 4.72 Å². The Hall–Kier alpha value is -2.86. The average Bonchev–Trinajstić information content (AvgIpc) is 2.56. The van der Waals surface area contributed by atoms with Gasteiger partial charge in [-0.15, -0.1) is 0 Å². The molecule has 0 aliphatic rings. The Labute approximate surface area is 140 Å². The smallest absolute Gasteiger partial charge is 0.261 e. The lowest BCUT2D eigenvalue weighted by atomic mass is 10.1. The first-order chi connectivity index (χ1) is 11.4. The topological polar surface area (TPSA) is 89.3 Å². The van der Waals surface area contributed by atoms with Crippen molar-refractivity contribution < 1.29 is 13.2 Å². The van der Waals surface area contributed by atoms with Crippen LogP contribution in [0, 0.1) is 6.92 Å². The lowest BCUT2D eigenvalue weighted by Gasteiger charge is -2.13. The standard InChI is InChI=1S/C18H16N2O3S/c1-12-16(18(19)21)7-4-8-17(12)20-24(22,23)15-10-9-13-5-2-3-6-14(13)11-15/h2-11,20H,1H3,(H2,19,21). The summed E-state index contributed by atoms with van der Waals surface area (Å²) in [5.74, 6) is -0.598. The molecule has 0 fully saturated rings. The number of hydrogen-bond acceptors (Lipinski definition) is 3. The number of fused-ring (bicyclic) bond motifs is 1. The third-order valence-electron chi connectivity index (χ3n) is 3.87. The van der Waals surface area contributed by atoms with E-state index in [1.165, 1.54) is 0 Å². The van der Waals surface area contributed by atoms with Crippen LogP contribution in [-0.4, -0.2) is 14.3 Å². The average molecular weight is 340 g/mol. The second-order valence-corrected chi connectivity index (χ2v) is 7.14. The molecule has 5 nitrogen and oxygen atoms in total. The van der Waals surface area contributed by atoms with Crippen molar-refractivity contribution in [1.29, 1.82) is 0 Å². The molecule has 3 N–H and O–H groups in total. The molecule has 0 aromatic heterocycles. The number of nitrogens with one attached hydrogen (secondary N) is 1. The van der Waals surface area contributed by atoms with Gasteiger partial charge >= 0.3 is 0 Å². The molecule has 3 aromatic rings. The number of hydrogen-bond donors (Lipinski definition) is 2. The molecule has 0 atom stereocenters. The zero-order valence-corrected chi connectivity index (χ0v) is 13.8. The van der Waals surface area contributed by atoms with Crippen molar-refractivity contribution in [2.45, 2.75) is 11.8 Å². The highest BCUT2D eigenvalue weighted by atomic mass is 32.2. The largest absolute Gasteiger partial charge is 0.366 e. The maximum absolute atomic E-state index is 12.7. The van der Waals surface area contributed by atoms with Gasteiger partial charge in [-0.2, -0.15) is 0 Å². The first kappa shape index (κ1) is 16.0. The van der Waals surface area contributed by atoms with Crippen molar-refractivity contribution >= 4 is 32.4 Å². The molecule has 3 rings (SSSR count). The van der Waals surface area contributed by atoms with Crippen molar-refractivity contribution in [2.24, 2.45) is 5.73 Å². The number of carbonyl (C=O) groups is 1. The molecule has 1 amide bonds. The number of anilines is 1. The van der Waals surface area contributed by atoms with Crippen molar-refractivity contribution in [3.05, 3.63) is 71.8 Å². The highest BCUT2D eigenvalue weighted by molar-refractivity contribution is 7.92. The molecule has 0 aliphatic carbocycles. The predicted molar refractivity (Wildman–Crippen MR) is 94.5 cm³/mol. The molecule has 122 valence electrons. The minimum Gasteiger partial charge on any atom is -0.366 e. The summed E-state index contributed by atoms with van der Waals surface area (Å²) in [6.07, 6.45) is 0. The highest BCUT2D eigenvalue weighted by Crippen LogP contribution is 2.24. The number of nitrogens with two attached hydrogens (primary N) is 1. The number of amides is 1. The Balaban J connectivity index is 2.02. The van der Waals surface area contributed by atoms with Gasteiger partial charge in [0.05, 0.1) is 10.6 Å². The number of benzene rings is 3. The molecule has 0 radical (unpaired) electrons. The Morgan fingerprint density at radius 3 is 2.38 bits per heavy atom. The fraction of sp³-hybridized carbons (Fsp3) is 0.0556. The molecule has 0 unspecified atom stereocenters. The monoisotopic (exact) mass is 340 g/mol. The lowest BCUT2D eigenvalue weighted by molar-refractivity contribution is 0.0999. The second-order valence-electron chi connectivity index (χ2n) is 5.46. The van der Waals surface area contributed by atoms with E-state index >= 15 is 0 Å². The van der Waals surface area contributed by atoms with Gasteiger partial charge in [0.1, 0.15) is 0 Å². The quantitative estimate of drug-likeness (QED) is 0.765. The molecule has 6 heteroatoms. The van der Waals surface area contributed by atoms with Gasteiger partial charge in [0.25, 0.3) is 10.0 Å². The Morgan fingerprint density at radius 2 is 1.67 bits per heavy atom. The fourth-order valence-corrected chi connectivity index (χ4v) is 3.71. The number of primary amides is 1. The molecule has 0 saturated heterocycles.